The summed E-state index contributed by atoms with van der Waals surface area (Å²) in [6.07, 6.45) is 3.71. The molecule has 7 nitrogen and oxygen atoms in total. The lowest BCUT2D eigenvalue weighted by molar-refractivity contribution is -0.132. The van der Waals surface area contributed by atoms with Crippen LogP contribution in [0.15, 0.2) is 48.2 Å². The van der Waals surface area contributed by atoms with E-state index in [4.69, 9.17) is 9.47 Å². The predicted octanol–water partition coefficient (Wildman–Crippen LogP) is 3.29. The van der Waals surface area contributed by atoms with Crippen LogP contribution >= 0.6 is 0 Å². The average Bonchev–Trinajstić information content (AvgIpc) is 3.40. The zero-order valence-corrected chi connectivity index (χ0v) is 17.6. The number of fused-ring (bicyclic) bond motifs is 1. The minimum atomic E-state index is -0.239. The van der Waals surface area contributed by atoms with Gasteiger partial charge >= 0.3 is 0 Å². The van der Waals surface area contributed by atoms with Gasteiger partial charge in [-0.1, -0.05) is 18.2 Å². The van der Waals surface area contributed by atoms with Gasteiger partial charge in [0.1, 0.15) is 0 Å². The highest BCUT2D eigenvalue weighted by atomic mass is 16.5. The zero-order chi connectivity index (χ0) is 22.0. The van der Waals surface area contributed by atoms with Gasteiger partial charge < -0.3 is 14.4 Å². The molecule has 2 heterocycles. The number of methoxy groups -OCH3 is 1. The van der Waals surface area contributed by atoms with Gasteiger partial charge in [-0.3, -0.25) is 19.3 Å². The lowest BCUT2D eigenvalue weighted by Crippen LogP contribution is -2.32. The van der Waals surface area contributed by atoms with Crippen molar-refractivity contribution in [2.45, 2.75) is 19.8 Å². The van der Waals surface area contributed by atoms with Gasteiger partial charge in [0.05, 0.1) is 18.5 Å². The summed E-state index contributed by atoms with van der Waals surface area (Å²) in [6, 6.07) is 12.2. The molecule has 2 amide bonds. The number of likely N-dealkylation sites (tertiary alicyclic amines) is 1. The molecular weight excluding hydrogens is 396 g/mol. The third kappa shape index (κ3) is 4.03. The molecule has 1 fully saturated rings. The lowest BCUT2D eigenvalue weighted by atomic mass is 10.1. The molecule has 2 aliphatic heterocycles. The highest BCUT2D eigenvalue weighted by molar-refractivity contribution is 6.26. The van der Waals surface area contributed by atoms with Gasteiger partial charge in [-0.15, -0.1) is 0 Å². The molecule has 0 radical (unpaired) electrons. The minimum absolute atomic E-state index is 0.0443. The van der Waals surface area contributed by atoms with Gasteiger partial charge in [0, 0.05) is 25.6 Å². The van der Waals surface area contributed by atoms with Crippen molar-refractivity contribution in [3.8, 4) is 11.5 Å². The van der Waals surface area contributed by atoms with Crippen molar-refractivity contribution < 1.29 is 23.9 Å². The maximum atomic E-state index is 12.9. The summed E-state index contributed by atoms with van der Waals surface area (Å²) >= 11 is 0. The lowest BCUT2D eigenvalue weighted by Gasteiger charge is -2.17. The van der Waals surface area contributed by atoms with Crippen LogP contribution in [-0.4, -0.2) is 49.3 Å². The second-order valence-corrected chi connectivity index (χ2v) is 7.52. The summed E-state index contributed by atoms with van der Waals surface area (Å²) in [6.45, 7) is 2.92. The number of anilines is 1. The van der Waals surface area contributed by atoms with Gasteiger partial charge in [0.25, 0.3) is 5.91 Å². The number of hydrogen-bond acceptors (Lipinski definition) is 5. The van der Waals surface area contributed by atoms with Gasteiger partial charge in [-0.05, 0) is 48.7 Å². The number of Topliss-reactive ketones (excluding diaryl/α,β-unsaturated/α-hetero) is 1. The molecule has 2 aromatic carbocycles. The summed E-state index contributed by atoms with van der Waals surface area (Å²) in [5, 5.41) is 0. The van der Waals surface area contributed by atoms with E-state index in [0.29, 0.717) is 28.3 Å². The molecular formula is C24H24N2O5. The predicted molar refractivity (Wildman–Crippen MR) is 116 cm³/mol. The summed E-state index contributed by atoms with van der Waals surface area (Å²) in [7, 11) is 1.51. The van der Waals surface area contributed by atoms with Crippen molar-refractivity contribution in [1.82, 2.24) is 4.90 Å². The van der Waals surface area contributed by atoms with E-state index in [1.54, 1.807) is 53.4 Å². The van der Waals surface area contributed by atoms with Crippen LogP contribution in [-0.2, 0) is 9.59 Å². The second-order valence-electron chi connectivity index (χ2n) is 7.52. The molecule has 2 aliphatic rings. The number of ketones is 1. The van der Waals surface area contributed by atoms with Crippen molar-refractivity contribution in [3.63, 3.8) is 0 Å². The van der Waals surface area contributed by atoms with Crippen molar-refractivity contribution in [3.05, 3.63) is 59.3 Å². The minimum Gasteiger partial charge on any atom is -0.493 e. The standard InChI is InChI=1S/C24H24N2O5/c1-16(27)26-19-8-4-3-7-18(19)24(29)20(26)13-17-9-10-21(22(14-17)30-2)31-15-23(28)25-11-5-6-12-25/h3-4,7-10,13-14H,5-6,11-12,15H2,1-2H3. The molecule has 0 spiro atoms. The highest BCUT2D eigenvalue weighted by Gasteiger charge is 2.34. The monoisotopic (exact) mass is 420 g/mol. The molecule has 0 unspecified atom stereocenters. The summed E-state index contributed by atoms with van der Waals surface area (Å²) in [5.74, 6) is 0.401. The van der Waals surface area contributed by atoms with Crippen molar-refractivity contribution in [1.29, 1.82) is 0 Å². The fourth-order valence-corrected chi connectivity index (χ4v) is 3.95. The summed E-state index contributed by atoms with van der Waals surface area (Å²) in [5.41, 5.74) is 2.04. The topological polar surface area (TPSA) is 76.1 Å². The Hall–Kier alpha value is -3.61. The average molecular weight is 420 g/mol. The van der Waals surface area contributed by atoms with E-state index in [-0.39, 0.29) is 29.9 Å². The van der Waals surface area contributed by atoms with E-state index >= 15 is 0 Å². The number of carbonyl (C=O) groups is 3. The molecule has 0 aromatic heterocycles. The van der Waals surface area contributed by atoms with E-state index in [9.17, 15) is 14.4 Å². The Bertz CT molecular complexity index is 1070. The first kappa shape index (κ1) is 20.7. The van der Waals surface area contributed by atoms with Crippen LogP contribution in [0, 0.1) is 0 Å². The number of allylic oxidation sites excluding steroid dienone is 1. The van der Waals surface area contributed by atoms with Crippen LogP contribution in [0.2, 0.25) is 0 Å². The molecule has 0 atom stereocenters. The first-order valence-electron chi connectivity index (χ1n) is 10.2. The molecule has 31 heavy (non-hydrogen) atoms. The van der Waals surface area contributed by atoms with Crippen molar-refractivity contribution in [2.75, 3.05) is 31.7 Å². The maximum Gasteiger partial charge on any atom is 0.260 e. The largest absolute Gasteiger partial charge is 0.493 e. The first-order chi connectivity index (χ1) is 15.0. The Morgan fingerprint density at radius 2 is 1.81 bits per heavy atom. The molecule has 7 heteroatoms. The zero-order valence-electron chi connectivity index (χ0n) is 17.6. The third-order valence-corrected chi connectivity index (χ3v) is 5.48. The Balaban J connectivity index is 1.57. The first-order valence-corrected chi connectivity index (χ1v) is 10.2. The van der Waals surface area contributed by atoms with E-state index in [1.165, 1.54) is 18.9 Å². The normalized spacial score (nSPS) is 16.6. The van der Waals surface area contributed by atoms with Crippen LogP contribution in [0.1, 0.15) is 35.7 Å². The number of rotatable bonds is 5. The van der Waals surface area contributed by atoms with Gasteiger partial charge in [0.2, 0.25) is 11.7 Å². The van der Waals surface area contributed by atoms with Gasteiger partial charge in [-0.25, -0.2) is 0 Å². The number of amides is 2. The van der Waals surface area contributed by atoms with Crippen LogP contribution in [0.5, 0.6) is 11.5 Å². The number of hydrogen-bond donors (Lipinski definition) is 0. The number of para-hydroxylation sites is 1. The quantitative estimate of drug-likeness (QED) is 0.694. The van der Waals surface area contributed by atoms with Gasteiger partial charge in [0.15, 0.2) is 18.1 Å². The summed E-state index contributed by atoms with van der Waals surface area (Å²) in [4.78, 5) is 40.6. The fourth-order valence-electron chi connectivity index (χ4n) is 3.95. The number of nitrogens with zero attached hydrogens (tertiary/aromatic N) is 2. The van der Waals surface area contributed by atoms with E-state index in [0.717, 1.165) is 25.9 Å². The highest BCUT2D eigenvalue weighted by Crippen LogP contribution is 2.36. The van der Waals surface area contributed by atoms with Crippen LogP contribution < -0.4 is 14.4 Å². The van der Waals surface area contributed by atoms with Gasteiger partial charge in [-0.2, -0.15) is 0 Å². The smallest absolute Gasteiger partial charge is 0.260 e. The summed E-state index contributed by atoms with van der Waals surface area (Å²) < 4.78 is 11.1. The molecule has 2 aromatic rings. The Morgan fingerprint density at radius 3 is 2.52 bits per heavy atom. The van der Waals surface area contributed by atoms with Crippen LogP contribution in [0.4, 0.5) is 5.69 Å². The molecule has 4 rings (SSSR count). The van der Waals surface area contributed by atoms with Crippen molar-refractivity contribution >= 4 is 29.4 Å². The van der Waals surface area contributed by atoms with Crippen LogP contribution in [0.3, 0.4) is 0 Å². The fraction of sp³-hybridized carbons (Fsp3) is 0.292. The van der Waals surface area contributed by atoms with E-state index < -0.39 is 0 Å². The van der Waals surface area contributed by atoms with Crippen molar-refractivity contribution in [2.24, 2.45) is 0 Å². The SMILES string of the molecule is COc1cc(C=C2C(=O)c3ccccc3N2C(C)=O)ccc1OCC(=O)N1CCCC1. The molecule has 0 saturated carbocycles. The Morgan fingerprint density at radius 1 is 1.06 bits per heavy atom. The number of carbonyl (C=O) groups excluding carboxylic acids is 3. The molecule has 160 valence electrons. The Kier molecular flexibility index (Phi) is 5.75. The van der Waals surface area contributed by atoms with E-state index in [1.807, 2.05) is 0 Å². The Labute approximate surface area is 180 Å². The molecule has 1 saturated heterocycles. The second kappa shape index (κ2) is 8.63. The third-order valence-electron chi connectivity index (χ3n) is 5.48. The van der Waals surface area contributed by atoms with Crippen LogP contribution in [0.25, 0.3) is 6.08 Å². The number of ether oxygens (including phenoxy) is 2. The van der Waals surface area contributed by atoms with E-state index in [2.05, 4.69) is 0 Å². The molecule has 0 bridgehead atoms. The molecule has 0 aliphatic carbocycles. The maximum absolute atomic E-state index is 12.9. The number of benzene rings is 2. The molecule has 0 N–H and O–H groups in total.